The lowest BCUT2D eigenvalue weighted by Gasteiger charge is -2.15. The van der Waals surface area contributed by atoms with Crippen LogP contribution in [0.15, 0.2) is 30.3 Å². The van der Waals surface area contributed by atoms with Crippen molar-refractivity contribution in [2.45, 2.75) is 32.2 Å². The number of halogens is 2. The first-order chi connectivity index (χ1) is 10.7. The summed E-state index contributed by atoms with van der Waals surface area (Å²) in [7, 11) is 0. The number of hydrogen-bond donors (Lipinski definition) is 2. The fourth-order valence-electron chi connectivity index (χ4n) is 2.61. The molecule has 7 heteroatoms. The molecule has 3 N–H and O–H groups in total. The summed E-state index contributed by atoms with van der Waals surface area (Å²) < 4.78 is 0. The Morgan fingerprint density at radius 2 is 2.00 bits per heavy atom. The molecule has 3 rings (SSSR count). The first-order valence-corrected chi connectivity index (χ1v) is 8.50. The molecule has 1 aromatic heterocycles. The zero-order valence-corrected chi connectivity index (χ0v) is 16.0. The number of nitrogens with two attached hydrogens (primary N) is 1. The van der Waals surface area contributed by atoms with E-state index in [0.717, 1.165) is 17.1 Å². The Kier molecular flexibility index (Phi) is 8.16. The molecular weight excluding hydrogens is 365 g/mol. The lowest BCUT2D eigenvalue weighted by molar-refractivity contribution is 0.0937. The van der Waals surface area contributed by atoms with Crippen LogP contribution in [0.5, 0.6) is 0 Å². The van der Waals surface area contributed by atoms with Gasteiger partial charge in [0.05, 0.1) is 10.7 Å². The van der Waals surface area contributed by atoms with Crippen molar-refractivity contribution in [2.75, 3.05) is 6.54 Å². The summed E-state index contributed by atoms with van der Waals surface area (Å²) in [6.45, 7) is 2.40. The third-order valence-corrected chi connectivity index (χ3v) is 5.16. The van der Waals surface area contributed by atoms with Gasteiger partial charge in [-0.05, 0) is 31.2 Å². The average Bonchev–Trinajstić information content (AvgIpc) is 3.29. The predicted molar refractivity (Wildman–Crippen MR) is 104 cm³/mol. The number of benzene rings is 1. The van der Waals surface area contributed by atoms with Gasteiger partial charge in [-0.25, -0.2) is 4.98 Å². The van der Waals surface area contributed by atoms with E-state index >= 15 is 0 Å². The van der Waals surface area contributed by atoms with E-state index in [2.05, 4.69) is 22.4 Å². The Balaban J connectivity index is 0.00000144. The fraction of sp³-hybridized carbons (Fsp3) is 0.412. The standard InChI is InChI=1S/C17H21N3OS.2ClH/c1-11-16(17(21)20-14(10-18)13-7-8-13)22-15(19-11)9-12-5-3-2-4-6-12;;/h2-6,13-14H,7-10,18H2,1H3,(H,20,21);2*1H. The van der Waals surface area contributed by atoms with E-state index in [9.17, 15) is 4.79 Å². The molecule has 132 valence electrons. The number of aromatic nitrogens is 1. The molecule has 1 saturated carbocycles. The molecule has 1 amide bonds. The predicted octanol–water partition coefficient (Wildman–Crippen LogP) is 3.35. The molecule has 24 heavy (non-hydrogen) atoms. The number of carbonyl (C=O) groups is 1. The molecule has 1 atom stereocenters. The van der Waals surface area contributed by atoms with Crippen molar-refractivity contribution >= 4 is 42.1 Å². The van der Waals surface area contributed by atoms with Crippen molar-refractivity contribution < 1.29 is 4.79 Å². The molecule has 1 unspecified atom stereocenters. The van der Waals surface area contributed by atoms with Crippen LogP contribution in [0.1, 0.15) is 38.8 Å². The maximum absolute atomic E-state index is 12.4. The van der Waals surface area contributed by atoms with Crippen molar-refractivity contribution in [3.05, 3.63) is 51.5 Å². The third kappa shape index (κ3) is 5.18. The highest BCUT2D eigenvalue weighted by atomic mass is 35.5. The molecule has 0 bridgehead atoms. The summed E-state index contributed by atoms with van der Waals surface area (Å²) in [6, 6.07) is 10.3. The van der Waals surface area contributed by atoms with Crippen LogP contribution in [0.25, 0.3) is 0 Å². The zero-order valence-electron chi connectivity index (χ0n) is 13.5. The van der Waals surface area contributed by atoms with Crippen LogP contribution in [0.2, 0.25) is 0 Å². The molecular formula is C17H23Cl2N3OS. The molecule has 1 aromatic carbocycles. The SMILES string of the molecule is Cc1nc(Cc2ccccc2)sc1C(=O)NC(CN)C1CC1.Cl.Cl. The lowest BCUT2D eigenvalue weighted by atomic mass is 10.2. The van der Waals surface area contributed by atoms with Crippen LogP contribution in [0, 0.1) is 12.8 Å². The minimum Gasteiger partial charge on any atom is -0.347 e. The second-order valence-electron chi connectivity index (χ2n) is 5.84. The van der Waals surface area contributed by atoms with Gasteiger partial charge in [0, 0.05) is 19.0 Å². The van der Waals surface area contributed by atoms with E-state index in [4.69, 9.17) is 5.73 Å². The van der Waals surface area contributed by atoms with Gasteiger partial charge in [-0.3, -0.25) is 4.79 Å². The second kappa shape index (κ2) is 9.37. The Labute approximate surface area is 159 Å². The summed E-state index contributed by atoms with van der Waals surface area (Å²) in [5, 5.41) is 4.05. The Bertz CT molecular complexity index is 659. The van der Waals surface area contributed by atoms with Gasteiger partial charge in [0.2, 0.25) is 0 Å². The van der Waals surface area contributed by atoms with E-state index in [-0.39, 0.29) is 36.8 Å². The van der Waals surface area contributed by atoms with E-state index in [0.29, 0.717) is 17.3 Å². The molecule has 0 spiro atoms. The second-order valence-corrected chi connectivity index (χ2v) is 6.92. The highest BCUT2D eigenvalue weighted by Crippen LogP contribution is 2.32. The Morgan fingerprint density at radius 1 is 1.33 bits per heavy atom. The van der Waals surface area contributed by atoms with Crippen LogP contribution in [0.4, 0.5) is 0 Å². The molecule has 0 radical (unpaired) electrons. The Hall–Kier alpha value is -1.14. The van der Waals surface area contributed by atoms with Crippen LogP contribution < -0.4 is 11.1 Å². The van der Waals surface area contributed by atoms with Gasteiger partial charge in [0.25, 0.3) is 5.91 Å². The number of carbonyl (C=O) groups excluding carboxylic acids is 1. The van der Waals surface area contributed by atoms with Crippen molar-refractivity contribution in [3.63, 3.8) is 0 Å². The molecule has 0 aliphatic heterocycles. The number of aryl methyl sites for hydroxylation is 1. The molecule has 1 aliphatic rings. The first-order valence-electron chi connectivity index (χ1n) is 7.68. The number of nitrogens with one attached hydrogen (secondary N) is 1. The highest BCUT2D eigenvalue weighted by molar-refractivity contribution is 7.13. The molecule has 2 aromatic rings. The Morgan fingerprint density at radius 3 is 2.58 bits per heavy atom. The molecule has 1 aliphatic carbocycles. The smallest absolute Gasteiger partial charge is 0.263 e. The number of amides is 1. The van der Waals surface area contributed by atoms with E-state index in [1.165, 1.54) is 29.7 Å². The third-order valence-electron chi connectivity index (χ3n) is 4.01. The normalized spacial score (nSPS) is 14.2. The minimum absolute atomic E-state index is 0. The van der Waals surface area contributed by atoms with Gasteiger partial charge < -0.3 is 11.1 Å². The number of nitrogens with zero attached hydrogens (tertiary/aromatic N) is 1. The monoisotopic (exact) mass is 387 g/mol. The maximum Gasteiger partial charge on any atom is 0.263 e. The largest absolute Gasteiger partial charge is 0.347 e. The van der Waals surface area contributed by atoms with Crippen molar-refractivity contribution in [1.82, 2.24) is 10.3 Å². The van der Waals surface area contributed by atoms with Gasteiger partial charge in [-0.2, -0.15) is 0 Å². The van der Waals surface area contributed by atoms with Gasteiger partial charge in [-0.1, -0.05) is 30.3 Å². The van der Waals surface area contributed by atoms with Crippen LogP contribution >= 0.6 is 36.2 Å². The van der Waals surface area contributed by atoms with Crippen molar-refractivity contribution in [1.29, 1.82) is 0 Å². The van der Waals surface area contributed by atoms with Crippen molar-refractivity contribution in [2.24, 2.45) is 11.7 Å². The highest BCUT2D eigenvalue weighted by Gasteiger charge is 2.32. The first kappa shape index (κ1) is 20.9. The van der Waals surface area contributed by atoms with Crippen LogP contribution in [-0.4, -0.2) is 23.5 Å². The molecule has 1 heterocycles. The topological polar surface area (TPSA) is 68.0 Å². The van der Waals surface area contributed by atoms with Crippen LogP contribution in [0.3, 0.4) is 0 Å². The van der Waals surface area contributed by atoms with E-state index in [1.54, 1.807) is 0 Å². The summed E-state index contributed by atoms with van der Waals surface area (Å²) in [6.07, 6.45) is 3.11. The van der Waals surface area contributed by atoms with Gasteiger partial charge >= 0.3 is 0 Å². The average molecular weight is 388 g/mol. The van der Waals surface area contributed by atoms with Crippen LogP contribution in [-0.2, 0) is 6.42 Å². The van der Waals surface area contributed by atoms with Gasteiger partial charge in [-0.15, -0.1) is 36.2 Å². The molecule has 1 fully saturated rings. The molecule has 4 nitrogen and oxygen atoms in total. The van der Waals surface area contributed by atoms with Gasteiger partial charge in [0.15, 0.2) is 0 Å². The summed E-state index contributed by atoms with van der Waals surface area (Å²) in [5.74, 6) is 0.530. The number of thiazole rings is 1. The quantitative estimate of drug-likeness (QED) is 0.798. The lowest BCUT2D eigenvalue weighted by Crippen LogP contribution is -2.41. The number of hydrogen-bond acceptors (Lipinski definition) is 4. The fourth-order valence-corrected chi connectivity index (χ4v) is 3.61. The zero-order chi connectivity index (χ0) is 15.5. The van der Waals surface area contributed by atoms with E-state index in [1.807, 2.05) is 25.1 Å². The van der Waals surface area contributed by atoms with E-state index < -0.39 is 0 Å². The maximum atomic E-state index is 12.4. The molecule has 0 saturated heterocycles. The summed E-state index contributed by atoms with van der Waals surface area (Å²) in [5.41, 5.74) is 7.77. The minimum atomic E-state index is -0.0309. The number of rotatable bonds is 6. The summed E-state index contributed by atoms with van der Waals surface area (Å²) in [4.78, 5) is 17.7. The van der Waals surface area contributed by atoms with Crippen molar-refractivity contribution in [3.8, 4) is 0 Å². The summed E-state index contributed by atoms with van der Waals surface area (Å²) >= 11 is 1.48. The van der Waals surface area contributed by atoms with Gasteiger partial charge in [0.1, 0.15) is 4.88 Å².